The fourth-order valence-electron chi connectivity index (χ4n) is 2.69. The van der Waals surface area contributed by atoms with E-state index in [9.17, 15) is 4.79 Å². The lowest BCUT2D eigenvalue weighted by Gasteiger charge is -2.13. The molecule has 0 radical (unpaired) electrons. The molecule has 0 saturated heterocycles. The van der Waals surface area contributed by atoms with Crippen molar-refractivity contribution in [1.82, 2.24) is 9.88 Å². The number of amides is 1. The minimum absolute atomic E-state index is 0.176. The summed E-state index contributed by atoms with van der Waals surface area (Å²) in [5.74, 6) is 0.612. The van der Waals surface area contributed by atoms with Gasteiger partial charge in [0.05, 0.1) is 5.69 Å². The first kappa shape index (κ1) is 20.8. The van der Waals surface area contributed by atoms with E-state index in [4.69, 9.17) is 4.74 Å². The van der Waals surface area contributed by atoms with Crippen LogP contribution in [-0.4, -0.2) is 57.1 Å². The van der Waals surface area contributed by atoms with Gasteiger partial charge in [-0.25, -0.2) is 4.98 Å². The number of para-hydroxylation sites is 1. The molecule has 0 spiro atoms. The van der Waals surface area contributed by atoms with Crippen LogP contribution in [0.4, 0.5) is 10.8 Å². The van der Waals surface area contributed by atoms with E-state index in [1.807, 2.05) is 80.9 Å². The number of rotatable bonds is 8. The Morgan fingerprint density at radius 1 is 1.10 bits per heavy atom. The van der Waals surface area contributed by atoms with Crippen LogP contribution in [0.25, 0.3) is 11.3 Å². The summed E-state index contributed by atoms with van der Waals surface area (Å²) < 4.78 is 5.93. The van der Waals surface area contributed by atoms with Gasteiger partial charge < -0.3 is 14.5 Å². The van der Waals surface area contributed by atoms with Crippen LogP contribution in [0.2, 0.25) is 0 Å². The first-order valence-corrected chi connectivity index (χ1v) is 10.2. The summed E-state index contributed by atoms with van der Waals surface area (Å²) in [7, 11) is 7.92. The lowest BCUT2D eigenvalue weighted by Crippen LogP contribution is -2.19. The molecule has 0 aliphatic heterocycles. The number of likely N-dealkylation sites (N-methyl/N-ethyl adjacent to an activating group) is 1. The number of carbonyl (C=O) groups excluding carboxylic acids is 1. The summed E-state index contributed by atoms with van der Waals surface area (Å²) >= 11 is 1.40. The van der Waals surface area contributed by atoms with Gasteiger partial charge in [-0.05, 0) is 44.4 Å². The summed E-state index contributed by atoms with van der Waals surface area (Å²) in [6.07, 6.45) is 0. The zero-order valence-electron chi connectivity index (χ0n) is 17.2. The smallest absolute Gasteiger partial charge is 0.257 e. The Kier molecular flexibility index (Phi) is 6.85. The van der Waals surface area contributed by atoms with E-state index in [1.54, 1.807) is 6.07 Å². The second-order valence-electron chi connectivity index (χ2n) is 7.08. The Bertz CT molecular complexity index is 969. The maximum absolute atomic E-state index is 12.6. The number of ether oxygens (including phenoxy) is 1. The quantitative estimate of drug-likeness (QED) is 0.607. The monoisotopic (exact) mass is 410 g/mol. The number of thiazole rings is 1. The molecule has 1 aromatic heterocycles. The fraction of sp³-hybridized carbons (Fsp3) is 0.273. The highest BCUT2D eigenvalue weighted by molar-refractivity contribution is 7.14. The van der Waals surface area contributed by atoms with Crippen LogP contribution in [-0.2, 0) is 0 Å². The Labute approximate surface area is 175 Å². The molecule has 0 atom stereocenters. The average Bonchev–Trinajstić information content (AvgIpc) is 3.16. The standard InChI is InChI=1S/C22H26N4O2S/c1-25(2)12-13-28-20-11-6-5-10-18(20)19-15-29-22(23-19)24-21(27)16-8-7-9-17(14-16)26(3)4/h5-11,14-15H,12-13H2,1-4H3,(H,23,24,27). The van der Waals surface area contributed by atoms with Crippen molar-refractivity contribution < 1.29 is 9.53 Å². The van der Waals surface area contributed by atoms with Gasteiger partial charge >= 0.3 is 0 Å². The van der Waals surface area contributed by atoms with Crippen molar-refractivity contribution in [3.63, 3.8) is 0 Å². The Hall–Kier alpha value is -2.90. The van der Waals surface area contributed by atoms with E-state index in [1.165, 1.54) is 11.3 Å². The summed E-state index contributed by atoms with van der Waals surface area (Å²) in [5.41, 5.74) is 3.27. The lowest BCUT2D eigenvalue weighted by atomic mass is 10.1. The predicted octanol–water partition coefficient (Wildman–Crippen LogP) is 4.07. The van der Waals surface area contributed by atoms with E-state index < -0.39 is 0 Å². The van der Waals surface area contributed by atoms with Gasteiger partial charge in [-0.15, -0.1) is 11.3 Å². The number of anilines is 2. The molecule has 0 bridgehead atoms. The highest BCUT2D eigenvalue weighted by atomic mass is 32.1. The molecule has 6 nitrogen and oxygen atoms in total. The van der Waals surface area contributed by atoms with Crippen LogP contribution in [0, 0.1) is 0 Å². The number of nitrogens with one attached hydrogen (secondary N) is 1. The van der Waals surface area contributed by atoms with Crippen molar-refractivity contribution in [3.05, 3.63) is 59.5 Å². The third-order valence-electron chi connectivity index (χ3n) is 4.31. The molecule has 2 aromatic carbocycles. The third kappa shape index (κ3) is 5.56. The van der Waals surface area contributed by atoms with Crippen LogP contribution in [0.3, 0.4) is 0 Å². The number of benzene rings is 2. The van der Waals surface area contributed by atoms with Gasteiger partial charge in [-0.1, -0.05) is 18.2 Å². The molecule has 3 aromatic rings. The van der Waals surface area contributed by atoms with Crippen molar-refractivity contribution in [1.29, 1.82) is 0 Å². The van der Waals surface area contributed by atoms with Crippen molar-refractivity contribution >= 4 is 28.1 Å². The lowest BCUT2D eigenvalue weighted by molar-refractivity contribution is 0.102. The molecular formula is C22H26N4O2S. The average molecular weight is 411 g/mol. The van der Waals surface area contributed by atoms with E-state index in [-0.39, 0.29) is 5.91 Å². The maximum atomic E-state index is 12.6. The molecule has 3 rings (SSSR count). The summed E-state index contributed by atoms with van der Waals surface area (Å²) in [5, 5.41) is 5.38. The van der Waals surface area contributed by atoms with Gasteiger partial charge in [0.15, 0.2) is 5.13 Å². The molecule has 0 fully saturated rings. The predicted molar refractivity (Wildman–Crippen MR) is 120 cm³/mol. The van der Waals surface area contributed by atoms with Gasteiger partial charge in [0.2, 0.25) is 0 Å². The zero-order chi connectivity index (χ0) is 20.8. The van der Waals surface area contributed by atoms with Gasteiger partial charge in [-0.3, -0.25) is 10.1 Å². The first-order chi connectivity index (χ1) is 13.9. The highest BCUT2D eigenvalue weighted by Crippen LogP contribution is 2.32. The molecule has 1 amide bonds. The van der Waals surface area contributed by atoms with Crippen LogP contribution >= 0.6 is 11.3 Å². The Morgan fingerprint density at radius 2 is 1.90 bits per heavy atom. The van der Waals surface area contributed by atoms with Gasteiger partial charge in [-0.2, -0.15) is 0 Å². The number of carbonyl (C=O) groups is 1. The third-order valence-corrected chi connectivity index (χ3v) is 5.07. The van der Waals surface area contributed by atoms with Crippen LogP contribution in [0.5, 0.6) is 5.75 Å². The summed E-state index contributed by atoms with van der Waals surface area (Å²) in [6, 6.07) is 15.3. The van der Waals surface area contributed by atoms with Crippen LogP contribution < -0.4 is 15.0 Å². The van der Waals surface area contributed by atoms with E-state index in [2.05, 4.69) is 15.2 Å². The first-order valence-electron chi connectivity index (χ1n) is 9.35. The molecule has 0 unspecified atom stereocenters. The molecule has 152 valence electrons. The molecular weight excluding hydrogens is 384 g/mol. The summed E-state index contributed by atoms with van der Waals surface area (Å²) in [4.78, 5) is 21.2. The second-order valence-corrected chi connectivity index (χ2v) is 7.94. The van der Waals surface area contributed by atoms with Crippen LogP contribution in [0.15, 0.2) is 53.9 Å². The molecule has 0 aliphatic carbocycles. The van der Waals surface area contributed by atoms with Crippen molar-refractivity contribution in [2.24, 2.45) is 0 Å². The Balaban J connectivity index is 1.73. The maximum Gasteiger partial charge on any atom is 0.257 e. The SMILES string of the molecule is CN(C)CCOc1ccccc1-c1csc(NC(=O)c2cccc(N(C)C)c2)n1. The fourth-order valence-corrected chi connectivity index (χ4v) is 3.40. The van der Waals surface area contributed by atoms with Crippen molar-refractivity contribution in [3.8, 4) is 17.0 Å². The minimum Gasteiger partial charge on any atom is -0.492 e. The van der Waals surface area contributed by atoms with Crippen molar-refractivity contribution in [2.45, 2.75) is 0 Å². The number of hydrogen-bond donors (Lipinski definition) is 1. The second kappa shape index (κ2) is 9.54. The molecule has 1 heterocycles. The van der Waals surface area contributed by atoms with Gasteiger partial charge in [0, 0.05) is 42.8 Å². The normalized spacial score (nSPS) is 10.8. The minimum atomic E-state index is -0.176. The van der Waals surface area contributed by atoms with E-state index in [0.717, 1.165) is 29.2 Å². The van der Waals surface area contributed by atoms with Crippen molar-refractivity contribution in [2.75, 3.05) is 51.6 Å². The van der Waals surface area contributed by atoms with E-state index in [0.29, 0.717) is 17.3 Å². The summed E-state index contributed by atoms with van der Waals surface area (Å²) in [6.45, 7) is 1.43. The van der Waals surface area contributed by atoms with Crippen LogP contribution in [0.1, 0.15) is 10.4 Å². The highest BCUT2D eigenvalue weighted by Gasteiger charge is 2.13. The Morgan fingerprint density at radius 3 is 2.66 bits per heavy atom. The molecule has 29 heavy (non-hydrogen) atoms. The topological polar surface area (TPSA) is 57.7 Å². The number of aromatic nitrogens is 1. The molecule has 0 saturated carbocycles. The number of hydrogen-bond acceptors (Lipinski definition) is 6. The molecule has 7 heteroatoms. The number of nitrogens with zero attached hydrogens (tertiary/aromatic N) is 3. The zero-order valence-corrected chi connectivity index (χ0v) is 18.0. The van der Waals surface area contributed by atoms with Gasteiger partial charge in [0.1, 0.15) is 12.4 Å². The largest absolute Gasteiger partial charge is 0.492 e. The van der Waals surface area contributed by atoms with Gasteiger partial charge in [0.25, 0.3) is 5.91 Å². The molecule has 1 N–H and O–H groups in total. The van der Waals surface area contributed by atoms with E-state index >= 15 is 0 Å². The molecule has 0 aliphatic rings.